The predicted octanol–water partition coefficient (Wildman–Crippen LogP) is 3.06. The Morgan fingerprint density at radius 1 is 1.00 bits per heavy atom. The monoisotopic (exact) mass is 521 g/mol. The van der Waals surface area contributed by atoms with Gasteiger partial charge in [-0.25, -0.2) is 30.8 Å². The molecule has 0 radical (unpaired) electrons. The van der Waals surface area contributed by atoms with E-state index >= 15 is 8.78 Å². The van der Waals surface area contributed by atoms with Crippen LogP contribution in [0, 0.1) is 11.6 Å². The van der Waals surface area contributed by atoms with Gasteiger partial charge in [0.15, 0.2) is 26.4 Å². The first-order chi connectivity index (χ1) is 16.1. The molecule has 1 saturated carbocycles. The number of sulfone groups is 1. The van der Waals surface area contributed by atoms with Crippen LogP contribution in [0.2, 0.25) is 0 Å². The Balaban J connectivity index is 2.29. The molecule has 192 valence electrons. The van der Waals surface area contributed by atoms with Crippen molar-refractivity contribution < 1.29 is 30.7 Å². The van der Waals surface area contributed by atoms with Gasteiger partial charge in [0, 0.05) is 25.7 Å². The Labute approximate surface area is 200 Å². The Bertz CT molecular complexity index is 1120. The van der Waals surface area contributed by atoms with Crippen LogP contribution in [-0.4, -0.2) is 53.4 Å². The maximum Gasteiger partial charge on any atom is 0.244 e. The Morgan fingerprint density at radius 3 is 2.21 bits per heavy atom. The predicted molar refractivity (Wildman–Crippen MR) is 127 cm³/mol. The van der Waals surface area contributed by atoms with Crippen molar-refractivity contribution in [1.29, 1.82) is 0 Å². The molecular formula is C22H33F2N3O5S2. The summed E-state index contributed by atoms with van der Waals surface area (Å²) >= 11 is 0. The second kappa shape index (κ2) is 11.3. The fourth-order valence-electron chi connectivity index (χ4n) is 4.60. The van der Waals surface area contributed by atoms with Gasteiger partial charge in [-0.15, -0.1) is 0 Å². The van der Waals surface area contributed by atoms with Crippen LogP contribution >= 0.6 is 0 Å². The van der Waals surface area contributed by atoms with Crippen LogP contribution in [0.1, 0.15) is 57.8 Å². The van der Waals surface area contributed by atoms with Gasteiger partial charge in [0.05, 0.1) is 17.1 Å². The number of rotatable bonds is 8. The number of halogens is 2. The third-order valence-electron chi connectivity index (χ3n) is 6.26. The van der Waals surface area contributed by atoms with E-state index in [9.17, 15) is 21.9 Å². The molecule has 12 heteroatoms. The summed E-state index contributed by atoms with van der Waals surface area (Å²) in [4.78, 5) is -0.564. The van der Waals surface area contributed by atoms with E-state index in [0.717, 1.165) is 32.1 Å². The van der Waals surface area contributed by atoms with Crippen molar-refractivity contribution in [1.82, 2.24) is 0 Å². The van der Waals surface area contributed by atoms with E-state index in [1.54, 1.807) is 6.08 Å². The van der Waals surface area contributed by atoms with Crippen molar-refractivity contribution >= 4 is 31.2 Å². The minimum absolute atomic E-state index is 0.123. The van der Waals surface area contributed by atoms with Gasteiger partial charge >= 0.3 is 0 Å². The number of benzene rings is 1. The zero-order chi connectivity index (χ0) is 24.9. The Hall–Kier alpha value is -1.76. The number of sulfonamides is 1. The zero-order valence-corrected chi connectivity index (χ0v) is 20.7. The number of aliphatic hydroxyl groups is 1. The highest BCUT2D eigenvalue weighted by Crippen LogP contribution is 2.43. The molecule has 0 amide bonds. The molecule has 0 unspecified atom stereocenters. The first kappa shape index (κ1) is 26.8. The highest BCUT2D eigenvalue weighted by atomic mass is 32.2. The number of aliphatic hydroxyl groups excluding tert-OH is 1. The normalized spacial score (nSPS) is 18.5. The van der Waals surface area contributed by atoms with Crippen LogP contribution in [0.5, 0.6) is 0 Å². The van der Waals surface area contributed by atoms with Crippen molar-refractivity contribution in [3.63, 3.8) is 0 Å². The number of hydrogen-bond donors (Lipinski definition) is 3. The maximum absolute atomic E-state index is 15.7. The summed E-state index contributed by atoms with van der Waals surface area (Å²) in [6.07, 6.45) is 9.91. The van der Waals surface area contributed by atoms with E-state index in [1.807, 2.05) is 6.08 Å². The average molecular weight is 522 g/mol. The average Bonchev–Trinajstić information content (AvgIpc) is 2.75. The second-order valence-corrected chi connectivity index (χ2v) is 12.4. The molecule has 1 fully saturated rings. The molecule has 0 bridgehead atoms. The molecule has 3 rings (SSSR count). The standard InChI is InChI=1S/C22H33F2N3O5S2/c23-17-19(26-16-10-5-2-1-3-6-11-16)22(33(29,30)15-9-14-28)20(27-12-7-4-8-13-27)18(24)21(17)34(25,31)32/h4,7,16,26,28H,1-3,5-6,8-15H2,(H2,25,31,32). The lowest BCUT2D eigenvalue weighted by molar-refractivity contribution is 0.295. The Morgan fingerprint density at radius 2 is 1.65 bits per heavy atom. The van der Waals surface area contributed by atoms with Gasteiger partial charge in [0.25, 0.3) is 0 Å². The molecule has 2 aliphatic rings. The highest BCUT2D eigenvalue weighted by molar-refractivity contribution is 7.91. The molecule has 1 aliphatic heterocycles. The summed E-state index contributed by atoms with van der Waals surface area (Å²) < 4.78 is 82.7. The summed E-state index contributed by atoms with van der Waals surface area (Å²) in [6, 6.07) is -0.311. The molecule has 1 heterocycles. The van der Waals surface area contributed by atoms with Gasteiger partial charge in [-0.2, -0.15) is 0 Å². The maximum atomic E-state index is 15.7. The van der Waals surface area contributed by atoms with Crippen LogP contribution in [0.15, 0.2) is 21.9 Å². The summed E-state index contributed by atoms with van der Waals surface area (Å²) in [6.45, 7) is -0.0842. The number of nitrogens with zero attached hydrogens (tertiary/aromatic N) is 1. The van der Waals surface area contributed by atoms with Gasteiger partial charge < -0.3 is 15.3 Å². The van der Waals surface area contributed by atoms with Crippen LogP contribution in [0.4, 0.5) is 20.2 Å². The first-order valence-electron chi connectivity index (χ1n) is 11.7. The molecule has 0 saturated heterocycles. The van der Waals surface area contributed by atoms with Gasteiger partial charge in [0.2, 0.25) is 10.0 Å². The number of primary sulfonamides is 1. The third kappa shape index (κ3) is 6.07. The summed E-state index contributed by atoms with van der Waals surface area (Å²) in [5.74, 6) is -3.59. The third-order valence-corrected chi connectivity index (χ3v) is 9.04. The summed E-state index contributed by atoms with van der Waals surface area (Å²) in [7, 11) is -9.16. The van der Waals surface area contributed by atoms with E-state index in [2.05, 4.69) is 5.32 Å². The SMILES string of the molecule is NS(=O)(=O)c1c(F)c(NC2CCCCCCC2)c(S(=O)(=O)CCCO)c(N2CC=CCC2)c1F. The van der Waals surface area contributed by atoms with Crippen LogP contribution in [-0.2, 0) is 19.9 Å². The molecule has 8 nitrogen and oxygen atoms in total. The fourth-order valence-corrected chi connectivity index (χ4v) is 6.99. The molecule has 0 aromatic heterocycles. The lowest BCUT2D eigenvalue weighted by atomic mass is 9.96. The molecule has 1 aromatic rings. The van der Waals surface area contributed by atoms with Crippen LogP contribution in [0.3, 0.4) is 0 Å². The van der Waals surface area contributed by atoms with Gasteiger partial charge in [-0.05, 0) is 25.7 Å². The summed E-state index contributed by atoms with van der Waals surface area (Å²) in [5.41, 5.74) is -1.06. The number of nitrogens with one attached hydrogen (secondary N) is 1. The van der Waals surface area contributed by atoms with Crippen molar-refractivity contribution in [3.8, 4) is 0 Å². The quantitative estimate of drug-likeness (QED) is 0.448. The summed E-state index contributed by atoms with van der Waals surface area (Å²) in [5, 5.41) is 17.3. The zero-order valence-electron chi connectivity index (χ0n) is 19.1. The fraction of sp³-hybridized carbons (Fsp3) is 0.636. The molecule has 34 heavy (non-hydrogen) atoms. The molecule has 4 N–H and O–H groups in total. The van der Waals surface area contributed by atoms with Crippen molar-refractivity contribution in [2.75, 3.05) is 35.7 Å². The number of anilines is 2. The van der Waals surface area contributed by atoms with E-state index in [0.29, 0.717) is 19.3 Å². The van der Waals surface area contributed by atoms with Crippen LogP contribution < -0.4 is 15.4 Å². The molecular weight excluding hydrogens is 488 g/mol. The Kier molecular flexibility index (Phi) is 8.93. The van der Waals surface area contributed by atoms with Gasteiger partial charge in [0.1, 0.15) is 4.90 Å². The largest absolute Gasteiger partial charge is 0.396 e. The molecule has 1 aliphatic carbocycles. The number of nitrogens with two attached hydrogens (primary N) is 1. The van der Waals surface area contributed by atoms with Crippen molar-refractivity contribution in [2.24, 2.45) is 5.14 Å². The van der Waals surface area contributed by atoms with Crippen molar-refractivity contribution in [3.05, 3.63) is 23.8 Å². The lowest BCUT2D eigenvalue weighted by Gasteiger charge is -2.31. The smallest absolute Gasteiger partial charge is 0.244 e. The molecule has 0 spiro atoms. The molecule has 1 aromatic carbocycles. The van der Waals surface area contributed by atoms with Gasteiger partial charge in [-0.3, -0.25) is 0 Å². The van der Waals surface area contributed by atoms with E-state index in [-0.39, 0.29) is 25.6 Å². The lowest BCUT2D eigenvalue weighted by Crippen LogP contribution is -2.33. The topological polar surface area (TPSA) is 130 Å². The second-order valence-electron chi connectivity index (χ2n) is 8.84. The van der Waals surface area contributed by atoms with E-state index < -0.39 is 65.0 Å². The van der Waals surface area contributed by atoms with Crippen molar-refractivity contribution in [2.45, 2.75) is 73.6 Å². The minimum Gasteiger partial charge on any atom is -0.396 e. The minimum atomic E-state index is -4.85. The molecule has 0 atom stereocenters. The number of hydrogen-bond acceptors (Lipinski definition) is 7. The van der Waals surface area contributed by atoms with E-state index in [1.165, 1.54) is 4.90 Å². The van der Waals surface area contributed by atoms with Crippen LogP contribution in [0.25, 0.3) is 0 Å². The highest BCUT2D eigenvalue weighted by Gasteiger charge is 2.38. The first-order valence-corrected chi connectivity index (χ1v) is 14.9. The van der Waals surface area contributed by atoms with E-state index in [4.69, 9.17) is 5.14 Å². The van der Waals surface area contributed by atoms with Gasteiger partial charge in [-0.1, -0.05) is 44.3 Å².